The summed E-state index contributed by atoms with van der Waals surface area (Å²) < 4.78 is 70.1. The molecule has 0 nitrogen and oxygen atoms in total. The molecular weight excluding hydrogens is 407 g/mol. The largest absolute Gasteiger partial charge is 0.206 e. The van der Waals surface area contributed by atoms with Crippen LogP contribution in [0.15, 0.2) is 60.7 Å². The third kappa shape index (κ3) is 4.05. The van der Waals surface area contributed by atoms with Crippen molar-refractivity contribution in [2.75, 3.05) is 0 Å². The molecule has 31 heavy (non-hydrogen) atoms. The standard InChI is InChI=1S/C26H19F5/c1-2-3-4-15-5-8-20-16(11-15)7-10-21(25(20)30)17-6-9-19(22(27)12-17)18-13-23(28)26(31)24(29)14-18/h5-14H,2-4H2,1H3. The molecular formula is C26H19F5. The van der Waals surface area contributed by atoms with Crippen LogP contribution in [0.3, 0.4) is 0 Å². The fourth-order valence-electron chi connectivity index (χ4n) is 3.73. The van der Waals surface area contributed by atoms with E-state index in [4.69, 9.17) is 0 Å². The third-order valence-electron chi connectivity index (χ3n) is 5.41. The number of fused-ring (bicyclic) bond motifs is 1. The van der Waals surface area contributed by atoms with E-state index in [1.165, 1.54) is 12.1 Å². The van der Waals surface area contributed by atoms with Crippen molar-refractivity contribution in [1.29, 1.82) is 0 Å². The van der Waals surface area contributed by atoms with Gasteiger partial charge in [0.2, 0.25) is 0 Å². The van der Waals surface area contributed by atoms with Gasteiger partial charge in [-0.05, 0) is 53.1 Å². The molecule has 158 valence electrons. The Morgan fingerprint density at radius 2 is 1.29 bits per heavy atom. The van der Waals surface area contributed by atoms with Crippen molar-refractivity contribution in [2.45, 2.75) is 26.2 Å². The summed E-state index contributed by atoms with van der Waals surface area (Å²) in [6.07, 6.45) is 3.05. The molecule has 0 N–H and O–H groups in total. The average molecular weight is 426 g/mol. The number of aryl methyl sites for hydroxylation is 1. The van der Waals surface area contributed by atoms with Gasteiger partial charge in [-0.2, -0.15) is 0 Å². The lowest BCUT2D eigenvalue weighted by Gasteiger charge is -2.11. The summed E-state index contributed by atoms with van der Waals surface area (Å²) >= 11 is 0. The average Bonchev–Trinajstić information content (AvgIpc) is 2.76. The van der Waals surface area contributed by atoms with Gasteiger partial charge in [-0.1, -0.05) is 55.8 Å². The highest BCUT2D eigenvalue weighted by Gasteiger charge is 2.16. The van der Waals surface area contributed by atoms with E-state index in [1.807, 2.05) is 12.1 Å². The molecule has 0 aromatic heterocycles. The highest BCUT2D eigenvalue weighted by molar-refractivity contribution is 5.89. The van der Waals surface area contributed by atoms with Gasteiger partial charge in [0.1, 0.15) is 11.6 Å². The van der Waals surface area contributed by atoms with Crippen LogP contribution >= 0.6 is 0 Å². The predicted molar refractivity (Wildman–Crippen MR) is 113 cm³/mol. The quantitative estimate of drug-likeness (QED) is 0.223. The normalized spacial score (nSPS) is 11.3. The van der Waals surface area contributed by atoms with Gasteiger partial charge in [0.15, 0.2) is 17.5 Å². The summed E-state index contributed by atoms with van der Waals surface area (Å²) in [5.74, 6) is -5.69. The molecule has 4 aromatic carbocycles. The van der Waals surface area contributed by atoms with Gasteiger partial charge in [-0.3, -0.25) is 0 Å². The molecule has 0 aliphatic carbocycles. The molecule has 0 amide bonds. The van der Waals surface area contributed by atoms with Crippen molar-refractivity contribution in [1.82, 2.24) is 0 Å². The zero-order chi connectivity index (χ0) is 22.1. The molecule has 0 aliphatic rings. The lowest BCUT2D eigenvalue weighted by atomic mass is 9.96. The van der Waals surface area contributed by atoms with Crippen LogP contribution in [0.1, 0.15) is 25.3 Å². The summed E-state index contributed by atoms with van der Waals surface area (Å²) in [6, 6.07) is 14.3. The highest BCUT2D eigenvalue weighted by Crippen LogP contribution is 2.33. The number of unbranched alkanes of at least 4 members (excludes halogenated alkanes) is 1. The van der Waals surface area contributed by atoms with Gasteiger partial charge in [0, 0.05) is 16.5 Å². The van der Waals surface area contributed by atoms with E-state index >= 15 is 4.39 Å². The summed E-state index contributed by atoms with van der Waals surface area (Å²) in [5, 5.41) is 1.20. The minimum Gasteiger partial charge on any atom is -0.206 e. The number of halogens is 5. The van der Waals surface area contributed by atoms with E-state index < -0.39 is 29.1 Å². The monoisotopic (exact) mass is 426 g/mol. The van der Waals surface area contributed by atoms with E-state index in [0.717, 1.165) is 48.4 Å². The molecule has 0 saturated heterocycles. The van der Waals surface area contributed by atoms with Crippen molar-refractivity contribution in [2.24, 2.45) is 0 Å². The zero-order valence-corrected chi connectivity index (χ0v) is 16.8. The second kappa shape index (κ2) is 8.50. The van der Waals surface area contributed by atoms with Crippen LogP contribution in [0, 0.1) is 29.1 Å². The Labute approximate surface area is 177 Å². The van der Waals surface area contributed by atoms with Crippen molar-refractivity contribution in [3.63, 3.8) is 0 Å². The van der Waals surface area contributed by atoms with Crippen LogP contribution in [-0.4, -0.2) is 0 Å². The Hall–Kier alpha value is -3.21. The smallest absolute Gasteiger partial charge is 0.194 e. The van der Waals surface area contributed by atoms with E-state index in [2.05, 4.69) is 6.92 Å². The first-order valence-electron chi connectivity index (χ1n) is 10.0. The second-order valence-corrected chi connectivity index (χ2v) is 7.53. The fourth-order valence-corrected chi connectivity index (χ4v) is 3.73. The second-order valence-electron chi connectivity index (χ2n) is 7.53. The molecule has 0 spiro atoms. The Morgan fingerprint density at radius 3 is 1.97 bits per heavy atom. The van der Waals surface area contributed by atoms with E-state index in [0.29, 0.717) is 10.9 Å². The van der Waals surface area contributed by atoms with E-state index in [-0.39, 0.29) is 16.7 Å². The van der Waals surface area contributed by atoms with Crippen molar-refractivity contribution in [3.05, 3.63) is 95.3 Å². The zero-order valence-electron chi connectivity index (χ0n) is 16.8. The van der Waals surface area contributed by atoms with Crippen molar-refractivity contribution < 1.29 is 22.0 Å². The maximum Gasteiger partial charge on any atom is 0.194 e. The first kappa shape index (κ1) is 21.0. The molecule has 0 radical (unpaired) electrons. The van der Waals surface area contributed by atoms with Crippen LogP contribution in [-0.2, 0) is 6.42 Å². The van der Waals surface area contributed by atoms with Gasteiger partial charge in [-0.15, -0.1) is 0 Å². The number of rotatable bonds is 5. The van der Waals surface area contributed by atoms with Crippen LogP contribution < -0.4 is 0 Å². The SMILES string of the molecule is CCCCc1ccc2c(F)c(-c3ccc(-c4cc(F)c(F)c(F)c4)c(F)c3)ccc2c1. The van der Waals surface area contributed by atoms with Crippen LogP contribution in [0.2, 0.25) is 0 Å². The van der Waals surface area contributed by atoms with Gasteiger partial charge in [-0.25, -0.2) is 22.0 Å². The maximum atomic E-state index is 15.2. The van der Waals surface area contributed by atoms with Gasteiger partial charge >= 0.3 is 0 Å². The van der Waals surface area contributed by atoms with Gasteiger partial charge in [0.05, 0.1) is 0 Å². The Morgan fingerprint density at radius 1 is 0.613 bits per heavy atom. The predicted octanol–water partition coefficient (Wildman–Crippen LogP) is 8.21. The number of benzene rings is 4. The molecule has 0 heterocycles. The minimum absolute atomic E-state index is 0.108. The Bertz CT molecular complexity index is 1250. The molecule has 5 heteroatoms. The Kier molecular flexibility index (Phi) is 5.77. The topological polar surface area (TPSA) is 0 Å². The summed E-state index contributed by atoms with van der Waals surface area (Å²) in [6.45, 7) is 2.11. The molecule has 0 aliphatic heterocycles. The molecule has 0 saturated carbocycles. The van der Waals surface area contributed by atoms with Crippen molar-refractivity contribution in [3.8, 4) is 22.3 Å². The lowest BCUT2D eigenvalue weighted by Crippen LogP contribution is -1.94. The third-order valence-corrected chi connectivity index (χ3v) is 5.41. The molecule has 4 rings (SSSR count). The molecule has 0 bridgehead atoms. The Balaban J connectivity index is 1.73. The first-order chi connectivity index (χ1) is 14.9. The maximum absolute atomic E-state index is 15.2. The van der Waals surface area contributed by atoms with Gasteiger partial charge < -0.3 is 0 Å². The molecule has 0 unspecified atom stereocenters. The first-order valence-corrected chi connectivity index (χ1v) is 10.0. The number of hydrogen-bond donors (Lipinski definition) is 0. The van der Waals surface area contributed by atoms with E-state index in [1.54, 1.807) is 18.2 Å². The molecule has 4 aromatic rings. The van der Waals surface area contributed by atoms with Crippen LogP contribution in [0.5, 0.6) is 0 Å². The van der Waals surface area contributed by atoms with Crippen LogP contribution in [0.25, 0.3) is 33.0 Å². The van der Waals surface area contributed by atoms with Gasteiger partial charge in [0.25, 0.3) is 0 Å². The summed E-state index contributed by atoms with van der Waals surface area (Å²) in [7, 11) is 0. The van der Waals surface area contributed by atoms with E-state index in [9.17, 15) is 17.6 Å². The van der Waals surface area contributed by atoms with Crippen LogP contribution in [0.4, 0.5) is 22.0 Å². The molecule has 0 atom stereocenters. The lowest BCUT2D eigenvalue weighted by molar-refractivity contribution is 0.447. The fraction of sp³-hybridized carbons (Fsp3) is 0.154. The van der Waals surface area contributed by atoms with Crippen molar-refractivity contribution >= 4 is 10.8 Å². The summed E-state index contributed by atoms with van der Waals surface area (Å²) in [4.78, 5) is 0. The minimum atomic E-state index is -1.61. The summed E-state index contributed by atoms with van der Waals surface area (Å²) in [5.41, 5.74) is 1.40. The number of hydrogen-bond acceptors (Lipinski definition) is 0. The molecule has 0 fully saturated rings. The highest BCUT2D eigenvalue weighted by atomic mass is 19.2.